The van der Waals surface area contributed by atoms with Crippen molar-refractivity contribution >= 4 is 5.91 Å². The number of amides is 1. The number of rotatable bonds is 4. The van der Waals surface area contributed by atoms with E-state index in [0.29, 0.717) is 24.9 Å². The highest BCUT2D eigenvalue weighted by Crippen LogP contribution is 2.22. The van der Waals surface area contributed by atoms with E-state index in [1.165, 1.54) is 19.3 Å². The van der Waals surface area contributed by atoms with Gasteiger partial charge in [-0.25, -0.2) is 4.98 Å². The maximum Gasteiger partial charge on any atom is 0.222 e. The maximum absolute atomic E-state index is 11.6. The molecule has 1 aliphatic carbocycles. The second-order valence-corrected chi connectivity index (χ2v) is 5.80. The number of hydrogen-bond donors (Lipinski definition) is 0. The molecule has 1 aromatic rings. The Labute approximate surface area is 120 Å². The highest BCUT2D eigenvalue weighted by molar-refractivity contribution is 5.78. The van der Waals surface area contributed by atoms with E-state index in [2.05, 4.69) is 4.98 Å². The Morgan fingerprint density at radius 1 is 1.20 bits per heavy atom. The number of aromatic nitrogens is 1. The first-order valence-electron chi connectivity index (χ1n) is 7.70. The van der Waals surface area contributed by atoms with Gasteiger partial charge in [0.05, 0.1) is 0 Å². The lowest BCUT2D eigenvalue weighted by molar-refractivity contribution is -0.128. The molecule has 4 nitrogen and oxygen atoms in total. The van der Waals surface area contributed by atoms with Crippen molar-refractivity contribution in [3.8, 4) is 5.88 Å². The highest BCUT2D eigenvalue weighted by Gasteiger charge is 2.20. The molecule has 4 heteroatoms. The zero-order valence-corrected chi connectivity index (χ0v) is 11.9. The summed E-state index contributed by atoms with van der Waals surface area (Å²) in [6.45, 7) is 1.55. The monoisotopic (exact) mass is 274 g/mol. The zero-order chi connectivity index (χ0) is 13.8. The molecule has 1 saturated carbocycles. The lowest BCUT2D eigenvalue weighted by atomic mass is 9.98. The smallest absolute Gasteiger partial charge is 0.222 e. The van der Waals surface area contributed by atoms with E-state index in [9.17, 15) is 4.79 Å². The Bertz CT molecular complexity index is 452. The molecule has 20 heavy (non-hydrogen) atoms. The third kappa shape index (κ3) is 3.30. The lowest BCUT2D eigenvalue weighted by Crippen LogP contribution is -2.24. The third-order valence-corrected chi connectivity index (χ3v) is 4.18. The third-order valence-electron chi connectivity index (χ3n) is 4.18. The summed E-state index contributed by atoms with van der Waals surface area (Å²) in [4.78, 5) is 17.9. The fraction of sp³-hybridized carbons (Fsp3) is 0.625. The van der Waals surface area contributed by atoms with Crippen molar-refractivity contribution in [1.82, 2.24) is 9.88 Å². The topological polar surface area (TPSA) is 42.4 Å². The van der Waals surface area contributed by atoms with E-state index in [0.717, 1.165) is 31.4 Å². The van der Waals surface area contributed by atoms with Gasteiger partial charge in [0.2, 0.25) is 11.8 Å². The van der Waals surface area contributed by atoms with Gasteiger partial charge in [0, 0.05) is 31.8 Å². The van der Waals surface area contributed by atoms with E-state index < -0.39 is 0 Å². The molecule has 0 N–H and O–H groups in total. The van der Waals surface area contributed by atoms with Crippen molar-refractivity contribution in [2.24, 2.45) is 0 Å². The summed E-state index contributed by atoms with van der Waals surface area (Å²) in [6, 6.07) is 3.96. The van der Waals surface area contributed by atoms with Crippen LogP contribution in [0.25, 0.3) is 0 Å². The fourth-order valence-electron chi connectivity index (χ4n) is 3.02. The summed E-state index contributed by atoms with van der Waals surface area (Å²) in [6.07, 6.45) is 9.99. The summed E-state index contributed by atoms with van der Waals surface area (Å²) in [5.41, 5.74) is 1.08. The molecule has 0 unspecified atom stereocenters. The van der Waals surface area contributed by atoms with E-state index in [4.69, 9.17) is 4.74 Å². The van der Waals surface area contributed by atoms with Crippen LogP contribution >= 0.6 is 0 Å². The predicted octanol–water partition coefficient (Wildman–Crippen LogP) is 2.92. The van der Waals surface area contributed by atoms with Crippen molar-refractivity contribution in [3.05, 3.63) is 23.9 Å². The fourth-order valence-corrected chi connectivity index (χ4v) is 3.02. The summed E-state index contributed by atoms with van der Waals surface area (Å²) in [7, 11) is 0. The molecule has 0 atom stereocenters. The van der Waals surface area contributed by atoms with Crippen LogP contribution in [0.3, 0.4) is 0 Å². The first-order valence-corrected chi connectivity index (χ1v) is 7.70. The predicted molar refractivity (Wildman–Crippen MR) is 76.4 cm³/mol. The molecule has 108 valence electrons. The molecule has 0 radical (unpaired) electrons. The van der Waals surface area contributed by atoms with Gasteiger partial charge in [-0.05, 0) is 37.7 Å². The van der Waals surface area contributed by atoms with Crippen LogP contribution in [0.4, 0.5) is 0 Å². The van der Waals surface area contributed by atoms with Gasteiger partial charge in [0.1, 0.15) is 6.10 Å². The average molecular weight is 274 g/mol. The first-order chi connectivity index (χ1) is 9.81. The molecule has 1 amide bonds. The van der Waals surface area contributed by atoms with Crippen LogP contribution in [-0.4, -0.2) is 28.4 Å². The molecule has 2 heterocycles. The van der Waals surface area contributed by atoms with Gasteiger partial charge in [-0.15, -0.1) is 0 Å². The summed E-state index contributed by atoms with van der Waals surface area (Å²) in [5.74, 6) is 0.973. The Balaban J connectivity index is 1.55. The van der Waals surface area contributed by atoms with Crippen molar-refractivity contribution < 1.29 is 9.53 Å². The molecule has 2 fully saturated rings. The summed E-state index contributed by atoms with van der Waals surface area (Å²) >= 11 is 0. The van der Waals surface area contributed by atoms with Crippen LogP contribution in [0.2, 0.25) is 0 Å². The molecule has 0 spiro atoms. The molecular weight excluding hydrogens is 252 g/mol. The number of carbonyl (C=O) groups is 1. The molecule has 1 aromatic heterocycles. The standard InChI is InChI=1S/C16H22N2O2/c19-16-7-4-10-18(16)12-13-8-9-15(17-11-13)20-14-5-2-1-3-6-14/h8-9,11,14H,1-7,10,12H2. The van der Waals surface area contributed by atoms with Crippen LogP contribution in [0.5, 0.6) is 5.88 Å². The lowest BCUT2D eigenvalue weighted by Gasteiger charge is -2.22. The number of carbonyl (C=O) groups excluding carboxylic acids is 1. The second kappa shape index (κ2) is 6.25. The van der Waals surface area contributed by atoms with Gasteiger partial charge in [-0.2, -0.15) is 0 Å². The molecular formula is C16H22N2O2. The van der Waals surface area contributed by atoms with Gasteiger partial charge < -0.3 is 9.64 Å². The molecule has 0 bridgehead atoms. The van der Waals surface area contributed by atoms with E-state index >= 15 is 0 Å². The van der Waals surface area contributed by atoms with E-state index in [1.54, 1.807) is 0 Å². The number of nitrogens with zero attached hydrogens (tertiary/aromatic N) is 2. The SMILES string of the molecule is O=C1CCCN1Cc1ccc(OC2CCCCC2)nc1. The van der Waals surface area contributed by atoms with Gasteiger partial charge >= 0.3 is 0 Å². The number of likely N-dealkylation sites (tertiary alicyclic amines) is 1. The number of hydrogen-bond acceptors (Lipinski definition) is 3. The van der Waals surface area contributed by atoms with E-state index in [1.807, 2.05) is 23.2 Å². The van der Waals surface area contributed by atoms with Crippen LogP contribution in [-0.2, 0) is 11.3 Å². The van der Waals surface area contributed by atoms with Gasteiger partial charge in [-0.3, -0.25) is 4.79 Å². The largest absolute Gasteiger partial charge is 0.474 e. The molecule has 3 rings (SSSR count). The van der Waals surface area contributed by atoms with Crippen molar-refractivity contribution in [2.45, 2.75) is 57.6 Å². The van der Waals surface area contributed by atoms with Crippen molar-refractivity contribution in [3.63, 3.8) is 0 Å². The second-order valence-electron chi connectivity index (χ2n) is 5.80. The first kappa shape index (κ1) is 13.4. The van der Waals surface area contributed by atoms with Crippen LogP contribution in [0.15, 0.2) is 18.3 Å². The van der Waals surface area contributed by atoms with Crippen LogP contribution in [0.1, 0.15) is 50.5 Å². The normalized spacial score (nSPS) is 20.4. The number of ether oxygens (including phenoxy) is 1. The molecule has 0 aromatic carbocycles. The average Bonchev–Trinajstić information content (AvgIpc) is 2.88. The Kier molecular flexibility index (Phi) is 4.19. The van der Waals surface area contributed by atoms with E-state index in [-0.39, 0.29) is 5.91 Å². The highest BCUT2D eigenvalue weighted by atomic mass is 16.5. The summed E-state index contributed by atoms with van der Waals surface area (Å²) < 4.78 is 5.91. The summed E-state index contributed by atoms with van der Waals surface area (Å²) in [5, 5.41) is 0. The number of pyridine rings is 1. The van der Waals surface area contributed by atoms with Gasteiger partial charge in [0.15, 0.2) is 0 Å². The molecule has 2 aliphatic rings. The molecule has 1 saturated heterocycles. The maximum atomic E-state index is 11.6. The van der Waals surface area contributed by atoms with Crippen molar-refractivity contribution in [2.75, 3.05) is 6.54 Å². The van der Waals surface area contributed by atoms with Crippen LogP contribution in [0, 0.1) is 0 Å². The minimum absolute atomic E-state index is 0.257. The van der Waals surface area contributed by atoms with Gasteiger partial charge in [0.25, 0.3) is 0 Å². The Hall–Kier alpha value is -1.58. The minimum atomic E-state index is 0.257. The van der Waals surface area contributed by atoms with Crippen molar-refractivity contribution in [1.29, 1.82) is 0 Å². The van der Waals surface area contributed by atoms with Gasteiger partial charge in [-0.1, -0.05) is 12.5 Å². The Morgan fingerprint density at radius 2 is 2.05 bits per heavy atom. The quantitative estimate of drug-likeness (QED) is 0.847. The Morgan fingerprint density at radius 3 is 2.70 bits per heavy atom. The molecule has 1 aliphatic heterocycles. The zero-order valence-electron chi connectivity index (χ0n) is 11.9. The minimum Gasteiger partial charge on any atom is -0.474 e. The van der Waals surface area contributed by atoms with Crippen LogP contribution < -0.4 is 4.74 Å².